The average molecular weight is 350 g/mol. The first-order chi connectivity index (χ1) is 12.7. The van der Waals surface area contributed by atoms with Crippen molar-refractivity contribution in [2.45, 2.75) is 32.2 Å². The summed E-state index contributed by atoms with van der Waals surface area (Å²) in [6.45, 7) is 4.21. The monoisotopic (exact) mass is 350 g/mol. The van der Waals surface area contributed by atoms with Gasteiger partial charge in [-0.1, -0.05) is 36.8 Å². The van der Waals surface area contributed by atoms with Gasteiger partial charge in [0.2, 0.25) is 0 Å². The van der Waals surface area contributed by atoms with E-state index in [0.29, 0.717) is 5.75 Å². The highest BCUT2D eigenvalue weighted by Gasteiger charge is 2.30. The molecule has 1 fully saturated rings. The molecule has 3 aromatic rings. The third-order valence-electron chi connectivity index (χ3n) is 5.52. The smallest absolute Gasteiger partial charge is 0.162 e. The van der Waals surface area contributed by atoms with Crippen LogP contribution in [0.1, 0.15) is 42.1 Å². The molecule has 0 bridgehead atoms. The number of phenolic OH excluding ortho intramolecular Hbond substituents is 1. The highest BCUT2D eigenvalue weighted by atomic mass is 16.5. The van der Waals surface area contributed by atoms with Crippen molar-refractivity contribution in [2.75, 3.05) is 20.2 Å². The van der Waals surface area contributed by atoms with Crippen molar-refractivity contribution in [3.05, 3.63) is 59.3 Å². The van der Waals surface area contributed by atoms with E-state index in [1.165, 1.54) is 30.2 Å². The maximum Gasteiger partial charge on any atom is 0.162 e. The number of aryl methyl sites for hydroxylation is 1. The maximum atomic E-state index is 10.9. The third kappa shape index (κ3) is 2.84. The Morgan fingerprint density at radius 3 is 2.58 bits per heavy atom. The molecule has 2 N–H and O–H groups in total. The number of fused-ring (bicyclic) bond motifs is 1. The first-order valence-electron chi connectivity index (χ1n) is 9.38. The largest absolute Gasteiger partial charge is 0.504 e. The molecule has 4 heteroatoms. The highest BCUT2D eigenvalue weighted by Crippen LogP contribution is 2.43. The molecule has 0 amide bonds. The molecule has 2 heterocycles. The fourth-order valence-corrected chi connectivity index (χ4v) is 4.29. The Kier molecular flexibility index (Phi) is 4.60. The molecule has 1 atom stereocenters. The van der Waals surface area contributed by atoms with Gasteiger partial charge in [0, 0.05) is 27.7 Å². The zero-order valence-corrected chi connectivity index (χ0v) is 15.5. The van der Waals surface area contributed by atoms with Crippen LogP contribution in [0.25, 0.3) is 10.9 Å². The normalized spacial score (nSPS) is 16.7. The second-order valence-corrected chi connectivity index (χ2v) is 7.11. The van der Waals surface area contributed by atoms with Gasteiger partial charge in [0.25, 0.3) is 0 Å². The van der Waals surface area contributed by atoms with Crippen LogP contribution in [0, 0.1) is 6.92 Å². The molecule has 1 aliphatic rings. The number of H-pyrrole nitrogens is 1. The van der Waals surface area contributed by atoms with E-state index in [4.69, 9.17) is 4.74 Å². The summed E-state index contributed by atoms with van der Waals surface area (Å²) in [5.41, 5.74) is 4.47. The van der Waals surface area contributed by atoms with Gasteiger partial charge in [-0.15, -0.1) is 0 Å². The minimum Gasteiger partial charge on any atom is -0.504 e. The maximum absolute atomic E-state index is 10.9. The number of aromatic hydroxyl groups is 1. The van der Waals surface area contributed by atoms with Crippen molar-refractivity contribution in [3.8, 4) is 11.5 Å². The number of para-hydroxylation sites is 2. The van der Waals surface area contributed by atoms with Crippen LogP contribution in [0.15, 0.2) is 42.5 Å². The minimum atomic E-state index is 0.0153. The molecule has 4 rings (SSSR count). The first-order valence-corrected chi connectivity index (χ1v) is 9.38. The summed E-state index contributed by atoms with van der Waals surface area (Å²) < 4.78 is 5.38. The number of phenols is 1. The minimum absolute atomic E-state index is 0.0153. The van der Waals surface area contributed by atoms with Crippen LogP contribution < -0.4 is 4.74 Å². The number of benzene rings is 2. The van der Waals surface area contributed by atoms with Gasteiger partial charge in [-0.3, -0.25) is 4.90 Å². The van der Waals surface area contributed by atoms with Crippen LogP contribution in [0.2, 0.25) is 0 Å². The van der Waals surface area contributed by atoms with Gasteiger partial charge in [0.1, 0.15) is 0 Å². The number of likely N-dealkylation sites (tertiary alicyclic amines) is 1. The quantitative estimate of drug-likeness (QED) is 0.713. The Hall–Kier alpha value is -2.46. The molecule has 2 aromatic carbocycles. The first kappa shape index (κ1) is 17.0. The summed E-state index contributed by atoms with van der Waals surface area (Å²) in [7, 11) is 1.60. The van der Waals surface area contributed by atoms with Gasteiger partial charge in [0.05, 0.1) is 13.2 Å². The molecule has 0 aliphatic carbocycles. The number of hydrogen-bond donors (Lipinski definition) is 2. The van der Waals surface area contributed by atoms with Crippen molar-refractivity contribution in [1.29, 1.82) is 0 Å². The van der Waals surface area contributed by atoms with Gasteiger partial charge in [-0.05, 0) is 45.0 Å². The van der Waals surface area contributed by atoms with Crippen molar-refractivity contribution >= 4 is 10.9 Å². The summed E-state index contributed by atoms with van der Waals surface area (Å²) in [4.78, 5) is 6.03. The van der Waals surface area contributed by atoms with E-state index >= 15 is 0 Å². The molecule has 0 spiro atoms. The fourth-order valence-electron chi connectivity index (χ4n) is 4.29. The number of ether oxygens (including phenoxy) is 1. The van der Waals surface area contributed by atoms with Gasteiger partial charge >= 0.3 is 0 Å². The molecule has 0 radical (unpaired) electrons. The van der Waals surface area contributed by atoms with Gasteiger partial charge in [-0.25, -0.2) is 0 Å². The van der Waals surface area contributed by atoms with Crippen LogP contribution in [-0.4, -0.2) is 35.2 Å². The van der Waals surface area contributed by atoms with Crippen molar-refractivity contribution in [3.63, 3.8) is 0 Å². The Bertz CT molecular complexity index is 910. The second-order valence-electron chi connectivity index (χ2n) is 7.11. The molecule has 0 saturated carbocycles. The van der Waals surface area contributed by atoms with E-state index < -0.39 is 0 Å². The number of methoxy groups -OCH3 is 1. The van der Waals surface area contributed by atoms with E-state index in [1.54, 1.807) is 7.11 Å². The van der Waals surface area contributed by atoms with E-state index in [1.807, 2.05) is 18.2 Å². The Labute approximate surface area is 154 Å². The zero-order chi connectivity index (χ0) is 18.1. The lowest BCUT2D eigenvalue weighted by Gasteiger charge is -2.35. The zero-order valence-electron chi connectivity index (χ0n) is 15.5. The summed E-state index contributed by atoms with van der Waals surface area (Å²) in [5.74, 6) is 0.775. The van der Waals surface area contributed by atoms with Crippen molar-refractivity contribution < 1.29 is 9.84 Å². The summed E-state index contributed by atoms with van der Waals surface area (Å²) in [5, 5.41) is 12.1. The number of piperidine rings is 1. The molecule has 1 saturated heterocycles. The van der Waals surface area contributed by atoms with Crippen molar-refractivity contribution in [1.82, 2.24) is 9.88 Å². The molecule has 1 aliphatic heterocycles. The van der Waals surface area contributed by atoms with Crippen LogP contribution in [0.5, 0.6) is 11.5 Å². The Morgan fingerprint density at radius 2 is 1.81 bits per heavy atom. The molecule has 136 valence electrons. The van der Waals surface area contributed by atoms with Gasteiger partial charge < -0.3 is 14.8 Å². The molecular weight excluding hydrogens is 324 g/mol. The van der Waals surface area contributed by atoms with Crippen LogP contribution >= 0.6 is 0 Å². The number of hydrogen-bond acceptors (Lipinski definition) is 3. The number of aromatic amines is 1. The molecule has 1 aromatic heterocycles. The second kappa shape index (κ2) is 7.04. The van der Waals surface area contributed by atoms with Crippen molar-refractivity contribution in [2.24, 2.45) is 0 Å². The third-order valence-corrected chi connectivity index (χ3v) is 5.52. The van der Waals surface area contributed by atoms with Crippen LogP contribution in [0.4, 0.5) is 0 Å². The Balaban J connectivity index is 1.93. The SMILES string of the molecule is COc1cccc(C(c2c(C)[nH]c3ccccc23)N2CCCCC2)c1O. The molecule has 4 nitrogen and oxygen atoms in total. The lowest BCUT2D eigenvalue weighted by molar-refractivity contribution is 0.184. The van der Waals surface area contributed by atoms with E-state index in [2.05, 4.69) is 41.1 Å². The molecule has 1 unspecified atom stereocenters. The van der Waals surface area contributed by atoms with Crippen LogP contribution in [-0.2, 0) is 0 Å². The van der Waals surface area contributed by atoms with Crippen LogP contribution in [0.3, 0.4) is 0 Å². The summed E-state index contributed by atoms with van der Waals surface area (Å²) in [6.07, 6.45) is 3.67. The highest BCUT2D eigenvalue weighted by molar-refractivity contribution is 5.85. The lowest BCUT2D eigenvalue weighted by Crippen LogP contribution is -2.34. The summed E-state index contributed by atoms with van der Waals surface area (Å²) in [6, 6.07) is 14.2. The standard InChI is InChI=1S/C22H26N2O2/c1-15-20(16-9-4-5-11-18(16)23-15)21(24-13-6-3-7-14-24)17-10-8-12-19(26-2)22(17)25/h4-5,8-12,21,23,25H,3,6-7,13-14H2,1-2H3. The van der Waals surface area contributed by atoms with E-state index in [0.717, 1.165) is 29.9 Å². The number of nitrogens with one attached hydrogen (secondary N) is 1. The fraction of sp³-hybridized carbons (Fsp3) is 0.364. The predicted molar refractivity (Wildman–Crippen MR) is 105 cm³/mol. The average Bonchev–Trinajstić information content (AvgIpc) is 3.00. The van der Waals surface area contributed by atoms with E-state index in [9.17, 15) is 5.11 Å². The Morgan fingerprint density at radius 1 is 1.04 bits per heavy atom. The number of nitrogens with zero attached hydrogens (tertiary/aromatic N) is 1. The number of aromatic nitrogens is 1. The number of rotatable bonds is 4. The topological polar surface area (TPSA) is 48.5 Å². The predicted octanol–water partition coefficient (Wildman–Crippen LogP) is 4.77. The molecular formula is C22H26N2O2. The molecule has 26 heavy (non-hydrogen) atoms. The van der Waals surface area contributed by atoms with E-state index in [-0.39, 0.29) is 11.8 Å². The lowest BCUT2D eigenvalue weighted by atomic mass is 9.92. The van der Waals surface area contributed by atoms with Gasteiger partial charge in [0.15, 0.2) is 11.5 Å². The summed E-state index contributed by atoms with van der Waals surface area (Å²) >= 11 is 0. The van der Waals surface area contributed by atoms with Gasteiger partial charge in [-0.2, -0.15) is 0 Å².